The molecule has 0 radical (unpaired) electrons. The second kappa shape index (κ2) is 6.16. The van der Waals surface area contributed by atoms with E-state index in [-0.39, 0.29) is 0 Å². The molecular weight excluding hydrogens is 286 g/mol. The van der Waals surface area contributed by atoms with Crippen LogP contribution in [-0.2, 0) is 0 Å². The summed E-state index contributed by atoms with van der Waals surface area (Å²) in [5, 5.41) is 3.23. The number of H-pyrrole nitrogens is 1. The summed E-state index contributed by atoms with van der Waals surface area (Å²) in [6, 6.07) is 13.8. The van der Waals surface area contributed by atoms with Crippen LogP contribution in [0.3, 0.4) is 0 Å². The number of aromatic amines is 1. The van der Waals surface area contributed by atoms with E-state index in [1.165, 1.54) is 0 Å². The van der Waals surface area contributed by atoms with E-state index in [4.69, 9.17) is 10.5 Å². The molecule has 1 aromatic heterocycles. The third-order valence-corrected chi connectivity index (χ3v) is 3.93. The smallest absolute Gasteiger partial charge is 0.227 e. The van der Waals surface area contributed by atoms with E-state index in [1.54, 1.807) is 0 Å². The normalized spacial score (nSPS) is 11.9. The Bertz CT molecular complexity index is 926. The van der Waals surface area contributed by atoms with Crippen LogP contribution in [-0.4, -0.2) is 11.6 Å². The number of aromatic nitrogens is 1. The molecule has 3 aromatic rings. The highest BCUT2D eigenvalue weighted by Crippen LogP contribution is 2.27. The highest BCUT2D eigenvalue weighted by molar-refractivity contribution is 5.92. The lowest BCUT2D eigenvalue weighted by atomic mass is 10.2. The molecule has 0 fully saturated rings. The van der Waals surface area contributed by atoms with Crippen LogP contribution in [0.25, 0.3) is 10.8 Å². The lowest BCUT2D eigenvalue weighted by Crippen LogP contribution is -2.70. The number of hydrogen-bond acceptors (Lipinski definition) is 2. The first-order chi connectivity index (χ1) is 11.1. The molecule has 23 heavy (non-hydrogen) atoms. The zero-order valence-electron chi connectivity index (χ0n) is 13.7. The summed E-state index contributed by atoms with van der Waals surface area (Å²) in [4.78, 5) is 6.88. The molecule has 0 spiro atoms. The fourth-order valence-corrected chi connectivity index (χ4v) is 2.96. The molecule has 1 heterocycles. The minimum absolute atomic E-state index is 0.636. The van der Waals surface area contributed by atoms with Crippen LogP contribution < -0.4 is 20.8 Å². The highest BCUT2D eigenvalue weighted by Gasteiger charge is 2.13. The summed E-state index contributed by atoms with van der Waals surface area (Å²) in [6.07, 6.45) is 0. The number of nitrogens with two attached hydrogens (primary N) is 1. The average Bonchev–Trinajstić information content (AvgIpc) is 2.70. The molecule has 4 heteroatoms. The van der Waals surface area contributed by atoms with E-state index < -0.39 is 0 Å². The standard InChI is InChI=1S/C19H21N3O/c1-4-23-17-11-7-10-16(18-12(2)21-13(3)19(17)18)22-15-9-6-5-8-14(15)20/h5-11,21H,4,20H2,1-3H3/p+1. The minimum Gasteiger partial charge on any atom is -0.493 e. The van der Waals surface area contributed by atoms with Crippen LogP contribution in [0.4, 0.5) is 11.4 Å². The Morgan fingerprint density at radius 1 is 1.00 bits per heavy atom. The zero-order valence-corrected chi connectivity index (χ0v) is 13.7. The molecule has 0 unspecified atom stereocenters. The number of anilines is 1. The third-order valence-electron chi connectivity index (χ3n) is 3.93. The van der Waals surface area contributed by atoms with Crippen molar-refractivity contribution in [3.05, 3.63) is 59.2 Å². The van der Waals surface area contributed by atoms with Crippen molar-refractivity contribution in [2.75, 3.05) is 12.3 Å². The van der Waals surface area contributed by atoms with Gasteiger partial charge < -0.3 is 15.5 Å². The van der Waals surface area contributed by atoms with Crippen molar-refractivity contribution in [3.63, 3.8) is 0 Å². The quantitative estimate of drug-likeness (QED) is 0.649. The molecule has 0 aliphatic rings. The average molecular weight is 308 g/mol. The van der Waals surface area contributed by atoms with Crippen molar-refractivity contribution in [2.24, 2.45) is 0 Å². The van der Waals surface area contributed by atoms with Crippen molar-refractivity contribution < 1.29 is 9.73 Å². The number of ether oxygens (including phenoxy) is 1. The maximum absolute atomic E-state index is 6.07. The third kappa shape index (κ3) is 2.80. The first kappa shape index (κ1) is 15.2. The maximum atomic E-state index is 6.07. The van der Waals surface area contributed by atoms with Crippen molar-refractivity contribution in [2.45, 2.75) is 20.8 Å². The zero-order chi connectivity index (χ0) is 16.4. The number of nitrogens with one attached hydrogen (secondary N) is 2. The van der Waals surface area contributed by atoms with Crippen LogP contribution >= 0.6 is 0 Å². The molecule has 0 aliphatic carbocycles. The molecule has 0 saturated carbocycles. The van der Waals surface area contributed by atoms with Gasteiger partial charge in [-0.1, -0.05) is 18.2 Å². The fourth-order valence-electron chi connectivity index (χ4n) is 2.96. The molecule has 4 nitrogen and oxygen atoms in total. The summed E-state index contributed by atoms with van der Waals surface area (Å²) in [6.45, 7) is 6.78. The topological polar surface area (TPSA) is 65.0 Å². The van der Waals surface area contributed by atoms with Crippen LogP contribution in [0, 0.1) is 13.8 Å². The van der Waals surface area contributed by atoms with Gasteiger partial charge in [-0.25, -0.2) is 4.99 Å². The number of para-hydroxylation sites is 2. The predicted octanol–water partition coefficient (Wildman–Crippen LogP) is 2.08. The SMILES string of the molecule is CCOc1cccc(=[NH+]c2ccccc2N)c2c(C)[nH]c(C)c12. The van der Waals surface area contributed by atoms with Gasteiger partial charge in [-0.3, -0.25) is 0 Å². The van der Waals surface area contributed by atoms with Gasteiger partial charge in [0.25, 0.3) is 0 Å². The van der Waals surface area contributed by atoms with Gasteiger partial charge in [-0.2, -0.15) is 0 Å². The van der Waals surface area contributed by atoms with E-state index in [0.29, 0.717) is 6.61 Å². The van der Waals surface area contributed by atoms with Crippen molar-refractivity contribution in [1.82, 2.24) is 4.98 Å². The first-order valence-corrected chi connectivity index (χ1v) is 7.81. The number of hydrogen-bond donors (Lipinski definition) is 3. The fraction of sp³-hybridized carbons (Fsp3) is 0.211. The van der Waals surface area contributed by atoms with Crippen LogP contribution in [0.5, 0.6) is 5.75 Å². The Morgan fingerprint density at radius 2 is 1.74 bits per heavy atom. The summed E-state index contributed by atoms with van der Waals surface area (Å²) in [5.74, 6) is 0.887. The summed E-state index contributed by atoms with van der Waals surface area (Å²) < 4.78 is 5.83. The second-order valence-corrected chi connectivity index (χ2v) is 5.57. The molecule has 4 N–H and O–H groups in total. The first-order valence-electron chi connectivity index (χ1n) is 7.81. The van der Waals surface area contributed by atoms with Gasteiger partial charge in [-0.05, 0) is 32.9 Å². The Balaban J connectivity index is 2.40. The molecule has 2 aromatic carbocycles. The molecule has 0 amide bonds. The highest BCUT2D eigenvalue weighted by atomic mass is 16.5. The number of benzene rings is 1. The van der Waals surface area contributed by atoms with E-state index in [1.807, 2.05) is 43.3 Å². The summed E-state index contributed by atoms with van der Waals surface area (Å²) >= 11 is 0. The number of nitrogen functional groups attached to an aromatic ring is 1. The van der Waals surface area contributed by atoms with Crippen LogP contribution in [0.2, 0.25) is 0 Å². The molecule has 0 bridgehead atoms. The second-order valence-electron chi connectivity index (χ2n) is 5.57. The largest absolute Gasteiger partial charge is 0.493 e. The molecular formula is C19H22N3O+. The van der Waals surface area contributed by atoms with Crippen molar-refractivity contribution >= 4 is 22.1 Å². The Morgan fingerprint density at radius 3 is 2.48 bits per heavy atom. The number of fused-ring (bicyclic) bond motifs is 1. The van der Waals surface area contributed by atoms with Crippen LogP contribution in [0.15, 0.2) is 42.5 Å². The predicted molar refractivity (Wildman–Crippen MR) is 93.6 cm³/mol. The minimum atomic E-state index is 0.636. The number of rotatable bonds is 3. The Hall–Kier alpha value is -2.75. The summed E-state index contributed by atoms with van der Waals surface area (Å²) in [5.41, 5.74) is 9.89. The molecule has 3 rings (SSSR count). The molecule has 0 aliphatic heterocycles. The monoisotopic (exact) mass is 308 g/mol. The maximum Gasteiger partial charge on any atom is 0.227 e. The van der Waals surface area contributed by atoms with Gasteiger partial charge in [0.1, 0.15) is 11.4 Å². The van der Waals surface area contributed by atoms with E-state index >= 15 is 0 Å². The van der Waals surface area contributed by atoms with Gasteiger partial charge >= 0.3 is 0 Å². The number of aryl methyl sites for hydroxylation is 2. The van der Waals surface area contributed by atoms with Crippen LogP contribution in [0.1, 0.15) is 18.3 Å². The van der Waals surface area contributed by atoms with Gasteiger partial charge in [0, 0.05) is 23.5 Å². The molecule has 118 valence electrons. The van der Waals surface area contributed by atoms with Gasteiger partial charge in [-0.15, -0.1) is 0 Å². The van der Waals surface area contributed by atoms with E-state index in [9.17, 15) is 0 Å². The van der Waals surface area contributed by atoms with Crippen molar-refractivity contribution in [3.8, 4) is 5.75 Å². The Kier molecular flexibility index (Phi) is 4.06. The lowest BCUT2D eigenvalue weighted by Gasteiger charge is -2.01. The van der Waals surface area contributed by atoms with E-state index in [2.05, 4.69) is 29.9 Å². The molecule has 0 saturated heterocycles. The van der Waals surface area contributed by atoms with E-state index in [0.717, 1.165) is 44.6 Å². The Labute approximate surface area is 135 Å². The van der Waals surface area contributed by atoms with Gasteiger partial charge in [0.05, 0.1) is 17.4 Å². The lowest BCUT2D eigenvalue weighted by molar-refractivity contribution is -0.399. The van der Waals surface area contributed by atoms with Crippen molar-refractivity contribution in [1.29, 1.82) is 0 Å². The van der Waals surface area contributed by atoms with Gasteiger partial charge in [0.15, 0.2) is 0 Å². The van der Waals surface area contributed by atoms with Gasteiger partial charge in [0.2, 0.25) is 11.0 Å². The molecule has 0 atom stereocenters. The summed E-state index contributed by atoms with van der Waals surface area (Å²) in [7, 11) is 0.